The molecule has 0 fully saturated rings. The number of aromatic amines is 1. The van der Waals surface area contributed by atoms with E-state index in [0.717, 1.165) is 0 Å². The lowest BCUT2D eigenvalue weighted by Gasteiger charge is -2.16. The first kappa shape index (κ1) is 25.7. The van der Waals surface area contributed by atoms with E-state index in [1.54, 1.807) is 7.05 Å². The Bertz CT molecular complexity index is 1080. The molecule has 0 saturated heterocycles. The molecule has 14 nitrogen and oxygen atoms in total. The monoisotopic (exact) mass is 466 g/mol. The minimum atomic E-state index is -1.03. The van der Waals surface area contributed by atoms with Gasteiger partial charge in [-0.25, -0.2) is 4.79 Å². The summed E-state index contributed by atoms with van der Waals surface area (Å²) >= 11 is 0. The Labute approximate surface area is 188 Å². The lowest BCUT2D eigenvalue weighted by molar-refractivity contribution is -0.139. The smallest absolute Gasteiger partial charge is 0.351 e. The second kappa shape index (κ2) is 12.5. The van der Waals surface area contributed by atoms with Crippen molar-refractivity contribution < 1.29 is 19.4 Å². The van der Waals surface area contributed by atoms with Crippen molar-refractivity contribution in [3.63, 3.8) is 0 Å². The average molecular weight is 466 g/mol. The number of rotatable bonds is 14. The quantitative estimate of drug-likeness (QED) is 0.176. The van der Waals surface area contributed by atoms with E-state index in [4.69, 9.17) is 10.5 Å². The van der Waals surface area contributed by atoms with Crippen LogP contribution < -0.4 is 32.9 Å². The van der Waals surface area contributed by atoms with E-state index < -0.39 is 23.3 Å². The van der Waals surface area contributed by atoms with Gasteiger partial charge < -0.3 is 31.5 Å². The number of methoxy groups -OCH3 is 1. The summed E-state index contributed by atoms with van der Waals surface area (Å²) < 4.78 is 6.00. The Morgan fingerprint density at radius 3 is 2.67 bits per heavy atom. The van der Waals surface area contributed by atoms with Gasteiger partial charge >= 0.3 is 11.7 Å². The van der Waals surface area contributed by atoms with Crippen molar-refractivity contribution in [2.24, 2.45) is 0 Å². The molecule has 2 rings (SSSR count). The van der Waals surface area contributed by atoms with Crippen LogP contribution in [0.15, 0.2) is 9.59 Å². The van der Waals surface area contributed by atoms with Gasteiger partial charge in [-0.1, -0.05) is 0 Å². The maximum atomic E-state index is 12.4. The lowest BCUT2D eigenvalue weighted by atomic mass is 10.1. The van der Waals surface area contributed by atoms with Gasteiger partial charge in [-0.3, -0.25) is 23.9 Å². The molecule has 0 spiro atoms. The van der Waals surface area contributed by atoms with Gasteiger partial charge in [-0.15, -0.1) is 0 Å². The number of aromatic nitrogens is 4. The molecule has 7 N–H and O–H groups in total. The molecule has 2 aromatic rings. The third-order valence-electron chi connectivity index (χ3n) is 4.90. The number of carboxylic acids is 1. The van der Waals surface area contributed by atoms with Crippen molar-refractivity contribution >= 4 is 34.7 Å². The molecule has 0 aromatic carbocycles. The highest BCUT2D eigenvalue weighted by Gasteiger charge is 2.18. The molecule has 1 amide bonds. The maximum Gasteiger partial charge on any atom is 0.351 e. The Kier molecular flexibility index (Phi) is 9.75. The van der Waals surface area contributed by atoms with Crippen LogP contribution in [0.4, 0.5) is 11.8 Å². The molecule has 182 valence electrons. The molecule has 1 atom stereocenters. The predicted octanol–water partition coefficient (Wildman–Crippen LogP) is -1.53. The first-order valence-corrected chi connectivity index (χ1v) is 10.5. The Morgan fingerprint density at radius 2 is 2.00 bits per heavy atom. The maximum absolute atomic E-state index is 12.4. The summed E-state index contributed by atoms with van der Waals surface area (Å²) in [6, 6.07) is -0.845. The largest absolute Gasteiger partial charge is 0.480 e. The van der Waals surface area contributed by atoms with E-state index in [2.05, 4.69) is 30.9 Å². The van der Waals surface area contributed by atoms with E-state index >= 15 is 0 Å². The molecule has 0 aliphatic rings. The Morgan fingerprint density at radius 1 is 1.24 bits per heavy atom. The number of H-pyrrole nitrogens is 1. The summed E-state index contributed by atoms with van der Waals surface area (Å²) in [4.78, 5) is 58.1. The number of ether oxygens (including phenoxy) is 1. The minimum absolute atomic E-state index is 0.0177. The molecular weight excluding hydrogens is 436 g/mol. The third kappa shape index (κ3) is 7.25. The van der Waals surface area contributed by atoms with Gasteiger partial charge in [0.05, 0.1) is 6.61 Å². The summed E-state index contributed by atoms with van der Waals surface area (Å²) in [5.74, 6) is -1.22. The second-order valence-electron chi connectivity index (χ2n) is 7.23. The summed E-state index contributed by atoms with van der Waals surface area (Å²) in [5.41, 5.74) is 4.54. The van der Waals surface area contributed by atoms with E-state index in [1.165, 1.54) is 11.7 Å². The highest BCUT2D eigenvalue weighted by molar-refractivity contribution is 5.85. The first-order chi connectivity index (χ1) is 15.8. The van der Waals surface area contributed by atoms with Gasteiger partial charge in [0, 0.05) is 40.2 Å². The number of nitrogens with one attached hydrogen (secondary N) is 4. The number of carbonyl (C=O) groups is 2. The van der Waals surface area contributed by atoms with Crippen LogP contribution in [-0.2, 0) is 20.9 Å². The van der Waals surface area contributed by atoms with Crippen molar-refractivity contribution in [2.75, 3.05) is 44.9 Å². The fourth-order valence-electron chi connectivity index (χ4n) is 3.17. The number of nitrogen functional groups attached to an aromatic ring is 1. The molecule has 14 heteroatoms. The van der Waals surface area contributed by atoms with Crippen molar-refractivity contribution in [1.82, 2.24) is 30.2 Å². The highest BCUT2D eigenvalue weighted by atomic mass is 16.5. The zero-order valence-electron chi connectivity index (χ0n) is 18.6. The number of carboxylic acid groups (broad SMARTS) is 1. The molecule has 0 saturated carbocycles. The zero-order valence-corrected chi connectivity index (χ0v) is 18.6. The SMILES string of the molecule is CNc1nc2c(c(N)nc(=O)n2CCN[C@@H](CCCCNC(=O)CCOC)C(=O)O)c(=O)[nH]1. The van der Waals surface area contributed by atoms with Crippen LogP contribution in [0, 0.1) is 0 Å². The standard InChI is InChI=1S/C19H30N8O6/c1-21-18-25-15-13(16(29)26-18)14(20)24-19(32)27(15)9-8-22-11(17(30)31)5-3-4-7-23-12(28)6-10-33-2/h11,22H,3-10H2,1-2H3,(H,23,28)(H,30,31)(H2,20,24,32)(H2,21,25,26,29)/t11-/m0/s1. The molecule has 33 heavy (non-hydrogen) atoms. The number of nitrogens with two attached hydrogens (primary N) is 1. The normalized spacial score (nSPS) is 11.9. The fourth-order valence-corrected chi connectivity index (χ4v) is 3.17. The molecule has 0 radical (unpaired) electrons. The summed E-state index contributed by atoms with van der Waals surface area (Å²) in [6.07, 6.45) is 1.81. The van der Waals surface area contributed by atoms with E-state index in [0.29, 0.717) is 32.4 Å². The fraction of sp³-hybridized carbons (Fsp3) is 0.579. The molecule has 0 aliphatic carbocycles. The van der Waals surface area contributed by atoms with E-state index in [1.807, 2.05) is 0 Å². The molecule has 2 heterocycles. The Balaban J connectivity index is 1.96. The van der Waals surface area contributed by atoms with Crippen LogP contribution in [-0.4, -0.2) is 76.4 Å². The van der Waals surface area contributed by atoms with Crippen molar-refractivity contribution in [3.8, 4) is 0 Å². The number of carbonyl (C=O) groups excluding carboxylic acids is 1. The molecular formula is C19H30N8O6. The van der Waals surface area contributed by atoms with Crippen LogP contribution >= 0.6 is 0 Å². The summed E-state index contributed by atoms with van der Waals surface area (Å²) in [6.45, 7) is 0.941. The molecule has 0 aliphatic heterocycles. The summed E-state index contributed by atoms with van der Waals surface area (Å²) in [7, 11) is 3.08. The molecule has 0 unspecified atom stereocenters. The van der Waals surface area contributed by atoms with Gasteiger partial charge in [-0.2, -0.15) is 9.97 Å². The van der Waals surface area contributed by atoms with Crippen molar-refractivity contribution in [1.29, 1.82) is 0 Å². The van der Waals surface area contributed by atoms with E-state index in [9.17, 15) is 24.3 Å². The van der Waals surface area contributed by atoms with E-state index in [-0.39, 0.29) is 48.2 Å². The number of fused-ring (bicyclic) bond motifs is 1. The lowest BCUT2D eigenvalue weighted by Crippen LogP contribution is -2.40. The average Bonchev–Trinajstić information content (AvgIpc) is 2.77. The summed E-state index contributed by atoms with van der Waals surface area (Å²) in [5, 5.41) is 17.8. The molecule has 2 aromatic heterocycles. The first-order valence-electron chi connectivity index (χ1n) is 10.5. The highest BCUT2D eigenvalue weighted by Crippen LogP contribution is 2.11. The number of aliphatic carboxylic acids is 1. The minimum Gasteiger partial charge on any atom is -0.480 e. The zero-order chi connectivity index (χ0) is 24.4. The van der Waals surface area contributed by atoms with Gasteiger partial charge in [0.25, 0.3) is 5.56 Å². The van der Waals surface area contributed by atoms with Crippen LogP contribution in [0.25, 0.3) is 11.0 Å². The van der Waals surface area contributed by atoms with Crippen LogP contribution in [0.5, 0.6) is 0 Å². The number of anilines is 2. The number of unbranched alkanes of at least 4 members (excludes halogenated alkanes) is 1. The van der Waals surface area contributed by atoms with Gasteiger partial charge in [0.15, 0.2) is 5.65 Å². The van der Waals surface area contributed by atoms with Crippen molar-refractivity contribution in [3.05, 3.63) is 20.8 Å². The van der Waals surface area contributed by atoms with Crippen LogP contribution in [0.2, 0.25) is 0 Å². The van der Waals surface area contributed by atoms with Crippen molar-refractivity contribution in [2.45, 2.75) is 38.3 Å². The Hall–Kier alpha value is -3.52. The number of amides is 1. The van der Waals surface area contributed by atoms with Gasteiger partial charge in [-0.05, 0) is 19.3 Å². The molecule has 0 bridgehead atoms. The number of hydrogen-bond acceptors (Lipinski definition) is 10. The van der Waals surface area contributed by atoms with Gasteiger partial charge in [0.1, 0.15) is 17.2 Å². The predicted molar refractivity (Wildman–Crippen MR) is 121 cm³/mol. The van der Waals surface area contributed by atoms with Crippen LogP contribution in [0.1, 0.15) is 25.7 Å². The topological polar surface area (TPSA) is 206 Å². The number of hydrogen-bond donors (Lipinski definition) is 6. The second-order valence-corrected chi connectivity index (χ2v) is 7.23. The third-order valence-corrected chi connectivity index (χ3v) is 4.90. The van der Waals surface area contributed by atoms with Gasteiger partial charge in [0.2, 0.25) is 11.9 Å². The number of nitrogens with zero attached hydrogens (tertiary/aromatic N) is 3. The van der Waals surface area contributed by atoms with Crippen LogP contribution in [0.3, 0.4) is 0 Å².